The van der Waals surface area contributed by atoms with Crippen molar-refractivity contribution >= 4 is 99.1 Å². The molecule has 3 N–H and O–H groups in total. The van der Waals surface area contributed by atoms with E-state index in [0.717, 1.165) is 0 Å². The number of anilines is 4. The van der Waals surface area contributed by atoms with Gasteiger partial charge in [-0.15, -0.1) is 13.2 Å². The Kier molecular flexibility index (Phi) is 23.4. The van der Waals surface area contributed by atoms with Crippen LogP contribution in [0.2, 0.25) is 0 Å². The van der Waals surface area contributed by atoms with E-state index in [1.807, 2.05) is 27.7 Å². The number of alkyl halides is 5. The fourth-order valence-electron chi connectivity index (χ4n) is 7.79. The highest BCUT2D eigenvalue weighted by Gasteiger charge is 2.44. The number of nitrogens with one attached hydrogen (secondary N) is 2. The minimum absolute atomic E-state index is 0.0440. The number of carbonyl (C=O) groups excluding carboxylic acids is 8. The van der Waals surface area contributed by atoms with Crippen LogP contribution in [0.4, 0.5) is 35.9 Å². The number of amides is 6. The second-order valence-corrected chi connectivity index (χ2v) is 18.5. The van der Waals surface area contributed by atoms with Crippen molar-refractivity contribution in [2.24, 2.45) is 35.5 Å². The van der Waals surface area contributed by atoms with Crippen LogP contribution >= 0.6 is 23.2 Å². The van der Waals surface area contributed by atoms with Gasteiger partial charge in [-0.1, -0.05) is 87.3 Å². The third kappa shape index (κ3) is 16.1. The summed E-state index contributed by atoms with van der Waals surface area (Å²) in [6, 6.07) is 11.1. The Morgan fingerprint density at radius 3 is 1.20 bits per heavy atom. The quantitative estimate of drug-likeness (QED) is 0.0633. The summed E-state index contributed by atoms with van der Waals surface area (Å²) in [7, 11) is 6.21. The van der Waals surface area contributed by atoms with Crippen molar-refractivity contribution in [3.8, 4) is 0 Å². The van der Waals surface area contributed by atoms with Gasteiger partial charge in [0, 0.05) is 28.2 Å². The van der Waals surface area contributed by atoms with E-state index < -0.39 is 99.9 Å². The summed E-state index contributed by atoms with van der Waals surface area (Å²) in [4.78, 5) is 116. The number of halogens is 5. The van der Waals surface area contributed by atoms with Crippen molar-refractivity contribution in [2.45, 2.75) is 83.4 Å². The summed E-state index contributed by atoms with van der Waals surface area (Å²) >= 11 is 9.22. The van der Waals surface area contributed by atoms with Crippen LogP contribution in [0.15, 0.2) is 73.8 Å². The fraction of sp³-hybridized carbons (Fsp3) is 0.490. The summed E-state index contributed by atoms with van der Waals surface area (Å²) in [6.07, 6.45) is -0.836. The molecule has 0 radical (unpaired) electrons. The Hall–Kier alpha value is -6.28. The number of benzene rings is 2. The van der Waals surface area contributed by atoms with Crippen molar-refractivity contribution in [2.75, 3.05) is 54.4 Å². The fourth-order valence-corrected chi connectivity index (χ4v) is 8.03. The highest BCUT2D eigenvalue weighted by Crippen LogP contribution is 2.34. The predicted octanol–water partition coefficient (Wildman–Crippen LogP) is 6.50. The molecule has 6 amide bonds. The van der Waals surface area contributed by atoms with Crippen LogP contribution in [0.5, 0.6) is 0 Å². The number of ketones is 1. The Morgan fingerprint density at radius 1 is 0.648 bits per heavy atom. The van der Waals surface area contributed by atoms with Crippen LogP contribution in [0, 0.1) is 35.5 Å². The second kappa shape index (κ2) is 27.4. The number of aliphatic carboxylic acids is 1. The number of ether oxygens (including phenoxy) is 1. The standard InChI is InChI=1S/C24H33N3O5.C22H29N3O5.C3HCl2F3O/c1-7-11-16(24(31)32-8-2)17(14-15(3)4)21(28)25-20-22(29)26(5)18-12-9-10-13-19(18)27(6)23(20)30;1-6-9-14(22(29)30)15(12-13(2)3)19(26)23-18-20(27)24(4)16-10-7-8-11-17(16)25(5)21(18)28;4-2(5)1(9)3(6,7)8/h7,9-10,12-13,15-17,20H,1,8,11,14H2,2-6H3,(H,25,28);6-8,10-11,13-15,18H,1,9,12H2,2-5H3,(H,23,26)(H,29,30);2H/t16-,17+;14-,15+;/m00./s1. The molecule has 4 rings (SSSR count). The lowest BCUT2D eigenvalue weighted by molar-refractivity contribution is -0.169. The molecular weight excluding hydrogens is 976 g/mol. The van der Waals surface area contributed by atoms with E-state index in [9.17, 15) is 61.4 Å². The van der Waals surface area contributed by atoms with Crippen molar-refractivity contribution in [1.82, 2.24) is 10.6 Å². The SMILES string of the molecule is C=CC[C@H](C(=O)O)[C@@H](CC(C)C)C(=O)NC1C(=O)N(C)c2ccccc2N(C)C1=O.C=CC[C@H](C(=O)OCC)[C@@H](CC(C)C)C(=O)NC1C(=O)N(C)c2ccccc2N(C)C1=O.O=C(C(Cl)Cl)C(F)(F)F. The lowest BCUT2D eigenvalue weighted by Gasteiger charge is -2.28. The van der Waals surface area contributed by atoms with E-state index in [0.29, 0.717) is 35.6 Å². The average Bonchev–Trinajstić information content (AvgIpc) is 3.41. The largest absolute Gasteiger partial charge is 0.481 e. The third-order valence-electron chi connectivity index (χ3n) is 11.4. The van der Waals surface area contributed by atoms with Crippen LogP contribution in [-0.4, -0.2) is 116 Å². The highest BCUT2D eigenvalue weighted by molar-refractivity contribution is 6.54. The van der Waals surface area contributed by atoms with Crippen molar-refractivity contribution in [3.63, 3.8) is 0 Å². The van der Waals surface area contributed by atoms with Gasteiger partial charge in [0.1, 0.15) is 0 Å². The molecule has 390 valence electrons. The van der Waals surface area contributed by atoms with Gasteiger partial charge in [-0.05, 0) is 68.7 Å². The van der Waals surface area contributed by atoms with Gasteiger partial charge < -0.3 is 40.1 Å². The summed E-state index contributed by atoms with van der Waals surface area (Å²) < 4.78 is 38.7. The van der Waals surface area contributed by atoms with Crippen molar-refractivity contribution in [3.05, 3.63) is 73.8 Å². The first-order valence-electron chi connectivity index (χ1n) is 22.5. The molecule has 2 aliphatic rings. The van der Waals surface area contributed by atoms with E-state index >= 15 is 0 Å². The summed E-state index contributed by atoms with van der Waals surface area (Å²) in [5.41, 5.74) is 2.23. The molecule has 17 nitrogen and oxygen atoms in total. The first-order valence-corrected chi connectivity index (χ1v) is 23.4. The topological polar surface area (TPSA) is 220 Å². The Morgan fingerprint density at radius 2 is 0.958 bits per heavy atom. The molecule has 4 atom stereocenters. The van der Waals surface area contributed by atoms with Gasteiger partial charge >= 0.3 is 18.1 Å². The van der Waals surface area contributed by atoms with Crippen LogP contribution in [0.3, 0.4) is 0 Å². The molecule has 0 aliphatic carbocycles. The number of nitrogens with zero attached hydrogens (tertiary/aromatic N) is 4. The second-order valence-electron chi connectivity index (χ2n) is 17.4. The maximum absolute atomic E-state index is 13.4. The number of fused-ring (bicyclic) bond motifs is 2. The zero-order valence-corrected chi connectivity index (χ0v) is 42.6. The number of Topliss-reactive ketones (excluding diaryl/α,β-unsaturated/α-hetero) is 1. The van der Waals surface area contributed by atoms with Gasteiger partial charge in [0.25, 0.3) is 29.4 Å². The van der Waals surface area contributed by atoms with E-state index in [1.165, 1.54) is 39.8 Å². The molecule has 0 unspecified atom stereocenters. The first-order chi connectivity index (χ1) is 33.1. The van der Waals surface area contributed by atoms with Crippen molar-refractivity contribution in [1.29, 1.82) is 0 Å². The molecule has 0 aromatic heterocycles. The monoisotopic (exact) mass is 1040 g/mol. The number of para-hydroxylation sites is 4. The summed E-state index contributed by atoms with van der Waals surface area (Å²) in [6.45, 7) is 16.8. The van der Waals surface area contributed by atoms with E-state index in [1.54, 1.807) is 75.6 Å². The number of allylic oxidation sites excluding steroid dienone is 2. The number of likely N-dealkylation sites (N-methyl/N-ethyl adjacent to an activating group) is 4. The van der Waals surface area contributed by atoms with E-state index in [4.69, 9.17) is 4.74 Å². The van der Waals surface area contributed by atoms with Gasteiger partial charge in [0.15, 0.2) is 16.9 Å². The van der Waals surface area contributed by atoms with Gasteiger partial charge in [0.05, 0.1) is 53.0 Å². The van der Waals surface area contributed by atoms with E-state index in [2.05, 4.69) is 47.0 Å². The highest BCUT2D eigenvalue weighted by atomic mass is 35.5. The maximum atomic E-state index is 13.4. The van der Waals surface area contributed by atoms with Crippen molar-refractivity contribution < 1.29 is 66.2 Å². The van der Waals surface area contributed by atoms with E-state index in [-0.39, 0.29) is 31.3 Å². The molecule has 2 aromatic carbocycles. The molecule has 2 aromatic rings. The Labute approximate surface area is 421 Å². The molecule has 0 bridgehead atoms. The van der Waals surface area contributed by atoms with Crippen LogP contribution in [0.1, 0.15) is 60.3 Å². The van der Waals surface area contributed by atoms with Gasteiger partial charge in [-0.2, -0.15) is 13.2 Å². The zero-order chi connectivity index (χ0) is 54.2. The molecule has 0 spiro atoms. The smallest absolute Gasteiger partial charge is 0.452 e. The van der Waals surface area contributed by atoms with Gasteiger partial charge in [0.2, 0.25) is 11.8 Å². The maximum Gasteiger partial charge on any atom is 0.452 e. The number of esters is 1. The summed E-state index contributed by atoms with van der Waals surface area (Å²) in [5, 5.41) is 14.8. The van der Waals surface area contributed by atoms with Crippen LogP contribution in [-0.2, 0) is 47.9 Å². The zero-order valence-electron chi connectivity index (χ0n) is 41.1. The molecule has 0 fully saturated rings. The molecule has 2 heterocycles. The van der Waals surface area contributed by atoms with Gasteiger partial charge in [-0.3, -0.25) is 43.2 Å². The first kappa shape index (κ1) is 60.8. The number of hydrogen-bond acceptors (Lipinski definition) is 10. The lowest BCUT2D eigenvalue weighted by Crippen LogP contribution is -2.56. The molecule has 2 aliphatic heterocycles. The third-order valence-corrected chi connectivity index (χ3v) is 11.8. The van der Waals surface area contributed by atoms with Crippen LogP contribution < -0.4 is 30.2 Å². The Balaban J connectivity index is 0.000000416. The normalized spacial score (nSPS) is 16.0. The van der Waals surface area contributed by atoms with Crippen LogP contribution in [0.25, 0.3) is 0 Å². The predicted molar refractivity (Wildman–Crippen MR) is 264 cm³/mol. The Bertz CT molecular complexity index is 2210. The number of hydrogen-bond donors (Lipinski definition) is 3. The molecular formula is C49H63Cl2F3N6O11. The molecule has 0 saturated carbocycles. The number of carboxylic acid groups (broad SMARTS) is 1. The number of carboxylic acids is 1. The number of rotatable bonds is 18. The minimum atomic E-state index is -4.92. The average molecular weight is 1040 g/mol. The molecule has 0 saturated heterocycles. The number of carbonyl (C=O) groups is 9. The molecule has 22 heteroatoms. The summed E-state index contributed by atoms with van der Waals surface area (Å²) in [5.74, 6) is -10.4. The van der Waals surface area contributed by atoms with Gasteiger partial charge in [-0.25, -0.2) is 0 Å². The minimum Gasteiger partial charge on any atom is -0.481 e. The lowest BCUT2D eigenvalue weighted by atomic mass is 9.82. The molecule has 71 heavy (non-hydrogen) atoms.